The molecule has 4 nitrogen and oxygen atoms in total. The second-order valence-corrected chi connectivity index (χ2v) is 4.67. The van der Waals surface area contributed by atoms with E-state index in [9.17, 15) is 5.26 Å². The monoisotopic (exact) mass is 246 g/mol. The zero-order valence-corrected chi connectivity index (χ0v) is 10.7. The number of nitrogens with zero attached hydrogens (tertiary/aromatic N) is 3. The van der Waals surface area contributed by atoms with Crippen LogP contribution in [0.15, 0.2) is 18.0 Å². The third-order valence-electron chi connectivity index (χ3n) is 2.62. The summed E-state index contributed by atoms with van der Waals surface area (Å²) in [5.74, 6) is 0. The third kappa shape index (κ3) is 1.97. The van der Waals surface area contributed by atoms with Gasteiger partial charge in [-0.05, 0) is 13.8 Å². The normalized spacial score (nSPS) is 12.5. The third-order valence-corrected chi connectivity index (χ3v) is 3.57. The fraction of sp³-hybridized carbons (Fsp3) is 0.333. The van der Waals surface area contributed by atoms with Gasteiger partial charge in [-0.2, -0.15) is 5.26 Å². The molecule has 0 amide bonds. The van der Waals surface area contributed by atoms with E-state index in [0.717, 1.165) is 22.0 Å². The van der Waals surface area contributed by atoms with Gasteiger partial charge in [-0.1, -0.05) is 6.08 Å². The number of thiazole rings is 1. The molecule has 17 heavy (non-hydrogen) atoms. The van der Waals surface area contributed by atoms with Crippen LogP contribution in [0.1, 0.15) is 23.1 Å². The molecule has 2 aromatic heterocycles. The molecule has 0 spiro atoms. The average molecular weight is 246 g/mol. The zero-order valence-electron chi connectivity index (χ0n) is 9.90. The highest BCUT2D eigenvalue weighted by Gasteiger charge is 2.20. The van der Waals surface area contributed by atoms with Crippen LogP contribution in [-0.4, -0.2) is 15.9 Å². The molecule has 0 saturated carbocycles. The van der Waals surface area contributed by atoms with Gasteiger partial charge in [0, 0.05) is 17.6 Å². The summed E-state index contributed by atoms with van der Waals surface area (Å²) in [5.41, 5.74) is 2.95. The number of aryl methyl sites for hydroxylation is 2. The van der Waals surface area contributed by atoms with Crippen molar-refractivity contribution in [2.24, 2.45) is 0 Å². The average Bonchev–Trinajstić information content (AvgIpc) is 2.81. The minimum Gasteiger partial charge on any atom is -0.293 e. The van der Waals surface area contributed by atoms with Crippen LogP contribution in [0.4, 0.5) is 0 Å². The van der Waals surface area contributed by atoms with Gasteiger partial charge in [-0.15, -0.1) is 17.9 Å². The number of nitrogens with one attached hydrogen (secondary N) is 1. The van der Waals surface area contributed by atoms with Crippen LogP contribution < -0.4 is 5.32 Å². The fourth-order valence-electron chi connectivity index (χ4n) is 1.87. The Labute approximate surface area is 104 Å². The molecule has 5 heteroatoms. The molecule has 1 unspecified atom stereocenters. The maximum atomic E-state index is 9.25. The summed E-state index contributed by atoms with van der Waals surface area (Å²) in [7, 11) is 0. The van der Waals surface area contributed by atoms with Crippen LogP contribution in [-0.2, 0) is 0 Å². The Morgan fingerprint density at radius 1 is 1.71 bits per heavy atom. The van der Waals surface area contributed by atoms with E-state index < -0.39 is 0 Å². The molecule has 2 heterocycles. The van der Waals surface area contributed by atoms with E-state index in [0.29, 0.717) is 6.54 Å². The number of aromatic nitrogens is 2. The molecule has 2 aromatic rings. The summed E-state index contributed by atoms with van der Waals surface area (Å²) in [4.78, 5) is 5.42. The molecule has 1 atom stereocenters. The molecule has 2 rings (SSSR count). The van der Waals surface area contributed by atoms with E-state index in [1.165, 1.54) is 0 Å². The maximum absolute atomic E-state index is 9.25. The topological polar surface area (TPSA) is 53.1 Å². The van der Waals surface area contributed by atoms with Crippen molar-refractivity contribution < 1.29 is 0 Å². The highest BCUT2D eigenvalue weighted by Crippen LogP contribution is 2.24. The highest BCUT2D eigenvalue weighted by atomic mass is 32.1. The Kier molecular flexibility index (Phi) is 3.27. The summed E-state index contributed by atoms with van der Waals surface area (Å²) < 4.78 is 2.05. The molecule has 0 aliphatic carbocycles. The molecule has 0 saturated heterocycles. The van der Waals surface area contributed by atoms with E-state index in [2.05, 4.69) is 22.9 Å². The van der Waals surface area contributed by atoms with Gasteiger partial charge >= 0.3 is 0 Å². The first kappa shape index (κ1) is 11.8. The van der Waals surface area contributed by atoms with Gasteiger partial charge in [0.2, 0.25) is 0 Å². The van der Waals surface area contributed by atoms with Crippen molar-refractivity contribution >= 4 is 16.3 Å². The first-order valence-electron chi connectivity index (χ1n) is 5.36. The van der Waals surface area contributed by atoms with Crippen LogP contribution in [0, 0.1) is 25.2 Å². The Morgan fingerprint density at radius 3 is 3.12 bits per heavy atom. The first-order chi connectivity index (χ1) is 8.19. The van der Waals surface area contributed by atoms with Gasteiger partial charge < -0.3 is 0 Å². The molecule has 0 fully saturated rings. The summed E-state index contributed by atoms with van der Waals surface area (Å²) in [6.07, 6.45) is 1.75. The fourth-order valence-corrected chi connectivity index (χ4v) is 2.79. The smallest absolute Gasteiger partial charge is 0.194 e. The molecule has 0 bridgehead atoms. The molecular weight excluding hydrogens is 232 g/mol. The lowest BCUT2D eigenvalue weighted by molar-refractivity contribution is 0.654. The first-order valence-corrected chi connectivity index (χ1v) is 6.24. The van der Waals surface area contributed by atoms with Crippen molar-refractivity contribution in [3.05, 3.63) is 35.1 Å². The lowest BCUT2D eigenvalue weighted by atomic mass is 10.2. The van der Waals surface area contributed by atoms with Crippen molar-refractivity contribution in [3.8, 4) is 6.07 Å². The van der Waals surface area contributed by atoms with Gasteiger partial charge in [-0.3, -0.25) is 9.72 Å². The zero-order chi connectivity index (χ0) is 12.4. The number of hydrogen-bond donors (Lipinski definition) is 1. The van der Waals surface area contributed by atoms with Crippen LogP contribution in [0.5, 0.6) is 0 Å². The van der Waals surface area contributed by atoms with Crippen molar-refractivity contribution in [2.45, 2.75) is 19.9 Å². The molecule has 0 aromatic carbocycles. The minimum absolute atomic E-state index is 0.351. The molecule has 0 aliphatic heterocycles. The van der Waals surface area contributed by atoms with E-state index in [-0.39, 0.29) is 6.04 Å². The maximum Gasteiger partial charge on any atom is 0.194 e. The molecule has 0 aliphatic rings. The van der Waals surface area contributed by atoms with Crippen LogP contribution >= 0.6 is 11.3 Å². The van der Waals surface area contributed by atoms with Crippen molar-refractivity contribution in [3.63, 3.8) is 0 Å². The SMILES string of the molecule is C=CCNC(C#N)c1c(C)nc2scc(C)n12. The van der Waals surface area contributed by atoms with Gasteiger partial charge in [0.15, 0.2) is 4.96 Å². The number of rotatable bonds is 4. The standard InChI is InChI=1S/C12H14N4S/c1-4-5-14-10(6-13)11-9(3)15-12-16(11)8(2)7-17-12/h4,7,10,14H,1,5H2,2-3H3. The van der Waals surface area contributed by atoms with Crippen LogP contribution in [0.25, 0.3) is 4.96 Å². The Bertz CT molecular complexity index is 587. The number of imidazole rings is 1. The van der Waals surface area contributed by atoms with E-state index in [1.54, 1.807) is 17.4 Å². The van der Waals surface area contributed by atoms with E-state index in [1.807, 2.05) is 23.6 Å². The second-order valence-electron chi connectivity index (χ2n) is 3.84. The van der Waals surface area contributed by atoms with Gasteiger partial charge in [0.25, 0.3) is 0 Å². The Morgan fingerprint density at radius 2 is 2.47 bits per heavy atom. The minimum atomic E-state index is -0.351. The Hall–Kier alpha value is -1.64. The number of nitriles is 1. The summed E-state index contributed by atoms with van der Waals surface area (Å²) in [6.45, 7) is 8.22. The van der Waals surface area contributed by atoms with E-state index in [4.69, 9.17) is 0 Å². The molecule has 88 valence electrons. The second kappa shape index (κ2) is 4.70. The van der Waals surface area contributed by atoms with Crippen molar-refractivity contribution in [2.75, 3.05) is 6.54 Å². The Balaban J connectivity index is 2.51. The lowest BCUT2D eigenvalue weighted by Gasteiger charge is -2.10. The van der Waals surface area contributed by atoms with Crippen molar-refractivity contribution in [1.82, 2.24) is 14.7 Å². The summed E-state index contributed by atoms with van der Waals surface area (Å²) in [6, 6.07) is 1.92. The van der Waals surface area contributed by atoms with Crippen LogP contribution in [0.3, 0.4) is 0 Å². The van der Waals surface area contributed by atoms with E-state index >= 15 is 0 Å². The largest absolute Gasteiger partial charge is 0.293 e. The number of hydrogen-bond acceptors (Lipinski definition) is 4. The predicted octanol–water partition coefficient (Wildman–Crippen LogP) is 2.35. The molecule has 1 N–H and O–H groups in total. The summed E-state index contributed by atoms with van der Waals surface area (Å²) >= 11 is 1.60. The quantitative estimate of drug-likeness (QED) is 0.842. The highest BCUT2D eigenvalue weighted by molar-refractivity contribution is 7.15. The van der Waals surface area contributed by atoms with Gasteiger partial charge in [0.05, 0.1) is 17.5 Å². The van der Waals surface area contributed by atoms with Crippen molar-refractivity contribution in [1.29, 1.82) is 5.26 Å². The molecular formula is C12H14N4S. The summed E-state index contributed by atoms with van der Waals surface area (Å²) in [5, 5.41) is 14.4. The lowest BCUT2D eigenvalue weighted by Crippen LogP contribution is -2.22. The van der Waals surface area contributed by atoms with Gasteiger partial charge in [0.1, 0.15) is 6.04 Å². The number of fused-ring (bicyclic) bond motifs is 1. The van der Waals surface area contributed by atoms with Crippen LogP contribution in [0.2, 0.25) is 0 Å². The van der Waals surface area contributed by atoms with Gasteiger partial charge in [-0.25, -0.2) is 4.98 Å². The predicted molar refractivity (Wildman–Crippen MR) is 69.1 cm³/mol. The molecule has 0 radical (unpaired) electrons.